The molecule has 17 heavy (non-hydrogen) atoms. The molecule has 1 aromatic carbocycles. The number of aryl methyl sites for hydroxylation is 2. The summed E-state index contributed by atoms with van der Waals surface area (Å²) >= 11 is 5.65. The van der Waals surface area contributed by atoms with Gasteiger partial charge in [0.15, 0.2) is 0 Å². The Kier molecular flexibility index (Phi) is 4.15. The second kappa shape index (κ2) is 5.82. The van der Waals surface area contributed by atoms with E-state index >= 15 is 0 Å². The van der Waals surface area contributed by atoms with Crippen molar-refractivity contribution in [2.24, 2.45) is 0 Å². The third-order valence-corrected chi connectivity index (χ3v) is 3.01. The van der Waals surface area contributed by atoms with E-state index in [1.807, 2.05) is 23.0 Å². The SMILES string of the molecule is Cc1ccccc1Cn1cc(CCCCl)nn1. The zero-order chi connectivity index (χ0) is 12.1. The molecule has 90 valence electrons. The van der Waals surface area contributed by atoms with Crippen LogP contribution in [0.2, 0.25) is 0 Å². The molecule has 0 amide bonds. The Labute approximate surface area is 106 Å². The molecule has 2 aromatic rings. The van der Waals surface area contributed by atoms with Gasteiger partial charge in [-0.05, 0) is 30.9 Å². The van der Waals surface area contributed by atoms with E-state index in [1.165, 1.54) is 11.1 Å². The van der Waals surface area contributed by atoms with Gasteiger partial charge < -0.3 is 0 Å². The zero-order valence-electron chi connectivity index (χ0n) is 9.93. The molecular weight excluding hydrogens is 234 g/mol. The first-order valence-corrected chi connectivity index (χ1v) is 6.32. The van der Waals surface area contributed by atoms with Crippen LogP contribution >= 0.6 is 11.6 Å². The van der Waals surface area contributed by atoms with Crippen molar-refractivity contribution < 1.29 is 0 Å². The molecule has 1 heterocycles. The highest BCUT2D eigenvalue weighted by molar-refractivity contribution is 6.17. The van der Waals surface area contributed by atoms with Gasteiger partial charge in [-0.2, -0.15) is 0 Å². The minimum Gasteiger partial charge on any atom is -0.248 e. The molecule has 1 aromatic heterocycles. The number of alkyl halides is 1. The second-order valence-electron chi connectivity index (χ2n) is 4.13. The van der Waals surface area contributed by atoms with Crippen molar-refractivity contribution in [1.29, 1.82) is 0 Å². The number of aromatic nitrogens is 3. The number of halogens is 1. The number of nitrogens with zero attached hydrogens (tertiary/aromatic N) is 3. The summed E-state index contributed by atoms with van der Waals surface area (Å²) in [5.41, 5.74) is 3.57. The molecule has 0 saturated carbocycles. The lowest BCUT2D eigenvalue weighted by atomic mass is 10.1. The van der Waals surface area contributed by atoms with Crippen LogP contribution in [0.4, 0.5) is 0 Å². The topological polar surface area (TPSA) is 30.7 Å². The van der Waals surface area contributed by atoms with E-state index in [-0.39, 0.29) is 0 Å². The summed E-state index contributed by atoms with van der Waals surface area (Å²) in [6.45, 7) is 2.89. The van der Waals surface area contributed by atoms with Gasteiger partial charge in [-0.3, -0.25) is 0 Å². The molecule has 0 saturated heterocycles. The first-order valence-electron chi connectivity index (χ1n) is 5.79. The highest BCUT2D eigenvalue weighted by atomic mass is 35.5. The molecule has 0 aliphatic carbocycles. The van der Waals surface area contributed by atoms with Crippen molar-refractivity contribution in [3.8, 4) is 0 Å². The van der Waals surface area contributed by atoms with E-state index in [0.29, 0.717) is 5.88 Å². The van der Waals surface area contributed by atoms with Gasteiger partial charge in [0, 0.05) is 12.1 Å². The minimum absolute atomic E-state index is 0.671. The van der Waals surface area contributed by atoms with E-state index in [2.05, 4.69) is 29.4 Å². The Morgan fingerprint density at radius 1 is 1.29 bits per heavy atom. The van der Waals surface area contributed by atoms with Gasteiger partial charge in [-0.1, -0.05) is 29.5 Å². The number of hydrogen-bond donors (Lipinski definition) is 0. The van der Waals surface area contributed by atoms with Gasteiger partial charge in [-0.15, -0.1) is 16.7 Å². The molecule has 0 N–H and O–H groups in total. The largest absolute Gasteiger partial charge is 0.248 e. The van der Waals surface area contributed by atoms with Crippen molar-refractivity contribution in [3.63, 3.8) is 0 Å². The highest BCUT2D eigenvalue weighted by Gasteiger charge is 2.02. The first-order chi connectivity index (χ1) is 8.29. The van der Waals surface area contributed by atoms with Gasteiger partial charge >= 0.3 is 0 Å². The third kappa shape index (κ3) is 3.30. The van der Waals surface area contributed by atoms with Crippen molar-refractivity contribution in [2.75, 3.05) is 5.88 Å². The molecule has 0 unspecified atom stereocenters. The predicted molar refractivity (Wildman–Crippen MR) is 69.3 cm³/mol. The monoisotopic (exact) mass is 249 g/mol. The van der Waals surface area contributed by atoms with Gasteiger partial charge in [0.1, 0.15) is 0 Å². The summed E-state index contributed by atoms with van der Waals surface area (Å²) in [4.78, 5) is 0. The Hall–Kier alpha value is -1.35. The molecule has 0 aliphatic heterocycles. The van der Waals surface area contributed by atoms with Crippen LogP contribution < -0.4 is 0 Å². The fourth-order valence-corrected chi connectivity index (χ4v) is 1.87. The average Bonchev–Trinajstić information content (AvgIpc) is 2.77. The molecule has 0 radical (unpaired) electrons. The summed E-state index contributed by atoms with van der Waals surface area (Å²) in [5.74, 6) is 0.671. The van der Waals surface area contributed by atoms with Crippen LogP contribution in [0.15, 0.2) is 30.5 Å². The van der Waals surface area contributed by atoms with Crippen LogP contribution in [0.3, 0.4) is 0 Å². The van der Waals surface area contributed by atoms with E-state index in [1.54, 1.807) is 0 Å². The van der Waals surface area contributed by atoms with Crippen LogP contribution in [0, 0.1) is 6.92 Å². The Bertz CT molecular complexity index is 479. The van der Waals surface area contributed by atoms with Crippen molar-refractivity contribution in [2.45, 2.75) is 26.3 Å². The Morgan fingerprint density at radius 3 is 2.88 bits per heavy atom. The average molecular weight is 250 g/mol. The highest BCUT2D eigenvalue weighted by Crippen LogP contribution is 2.09. The van der Waals surface area contributed by atoms with E-state index in [4.69, 9.17) is 11.6 Å². The predicted octanol–water partition coefficient (Wildman–Crippen LogP) is 2.81. The standard InChI is InChI=1S/C13H16ClN3/c1-11-5-2-3-6-12(11)9-17-10-13(15-16-17)7-4-8-14/h2-3,5-6,10H,4,7-9H2,1H3. The third-order valence-electron chi connectivity index (χ3n) is 2.75. The van der Waals surface area contributed by atoms with Gasteiger partial charge in [0.25, 0.3) is 0 Å². The minimum atomic E-state index is 0.671. The molecule has 0 spiro atoms. The van der Waals surface area contributed by atoms with Crippen molar-refractivity contribution >= 4 is 11.6 Å². The molecular formula is C13H16ClN3. The lowest BCUT2D eigenvalue weighted by molar-refractivity contribution is 0.647. The summed E-state index contributed by atoms with van der Waals surface area (Å²) in [7, 11) is 0. The summed E-state index contributed by atoms with van der Waals surface area (Å²) in [6.07, 6.45) is 3.85. The molecule has 0 fully saturated rings. The maximum absolute atomic E-state index is 5.65. The summed E-state index contributed by atoms with van der Waals surface area (Å²) in [5, 5.41) is 8.26. The van der Waals surface area contributed by atoms with Gasteiger partial charge in [0.05, 0.1) is 12.2 Å². The van der Waals surface area contributed by atoms with E-state index < -0.39 is 0 Å². The first kappa shape index (κ1) is 12.1. The van der Waals surface area contributed by atoms with Gasteiger partial charge in [-0.25, -0.2) is 4.68 Å². The van der Waals surface area contributed by atoms with Crippen LogP contribution in [-0.4, -0.2) is 20.9 Å². The van der Waals surface area contributed by atoms with Crippen molar-refractivity contribution in [1.82, 2.24) is 15.0 Å². The maximum atomic E-state index is 5.65. The molecule has 3 nitrogen and oxygen atoms in total. The quantitative estimate of drug-likeness (QED) is 0.763. The summed E-state index contributed by atoms with van der Waals surface area (Å²) in [6, 6.07) is 8.33. The second-order valence-corrected chi connectivity index (χ2v) is 4.50. The van der Waals surface area contributed by atoms with Crippen LogP contribution in [0.5, 0.6) is 0 Å². The Balaban J connectivity index is 2.04. The van der Waals surface area contributed by atoms with Crippen LogP contribution in [0.25, 0.3) is 0 Å². The normalized spacial score (nSPS) is 10.7. The summed E-state index contributed by atoms with van der Waals surface area (Å²) < 4.78 is 1.88. The van der Waals surface area contributed by atoms with Gasteiger partial charge in [0.2, 0.25) is 0 Å². The molecule has 2 rings (SSSR count). The van der Waals surface area contributed by atoms with E-state index in [0.717, 1.165) is 25.1 Å². The Morgan fingerprint density at radius 2 is 2.12 bits per heavy atom. The van der Waals surface area contributed by atoms with Crippen molar-refractivity contribution in [3.05, 3.63) is 47.3 Å². The van der Waals surface area contributed by atoms with Crippen LogP contribution in [-0.2, 0) is 13.0 Å². The van der Waals surface area contributed by atoms with Crippen LogP contribution in [0.1, 0.15) is 23.2 Å². The number of hydrogen-bond acceptors (Lipinski definition) is 2. The fraction of sp³-hybridized carbons (Fsp3) is 0.385. The lowest BCUT2D eigenvalue weighted by Gasteiger charge is -2.04. The fourth-order valence-electron chi connectivity index (χ4n) is 1.74. The molecule has 0 bridgehead atoms. The molecule has 0 atom stereocenters. The van der Waals surface area contributed by atoms with E-state index in [9.17, 15) is 0 Å². The smallest absolute Gasteiger partial charge is 0.0827 e. The lowest BCUT2D eigenvalue weighted by Crippen LogP contribution is -2.01. The number of rotatable bonds is 5. The zero-order valence-corrected chi connectivity index (χ0v) is 10.7. The maximum Gasteiger partial charge on any atom is 0.0827 e. The molecule has 0 aliphatic rings. The number of benzene rings is 1. The molecule has 4 heteroatoms.